The van der Waals surface area contributed by atoms with Crippen LogP contribution < -0.4 is 62.0 Å². The Kier molecular flexibility index (Phi) is 27.7. The minimum absolute atomic E-state index is 0.0359. The van der Waals surface area contributed by atoms with Crippen LogP contribution in [0.4, 0.5) is 0 Å². The third-order valence-electron chi connectivity index (χ3n) is 14.4. The highest BCUT2D eigenvalue weighted by Gasteiger charge is 2.54. The van der Waals surface area contributed by atoms with E-state index in [1.807, 2.05) is 0 Å². The lowest BCUT2D eigenvalue weighted by Crippen LogP contribution is -2.68. The Hall–Kier alpha value is -3.99. The minimum atomic E-state index is -1.57. The number of rotatable bonds is 31. The molecule has 1 aliphatic carbocycles. The van der Waals surface area contributed by atoms with Gasteiger partial charge in [-0.3, -0.25) is 38.3 Å². The van der Waals surface area contributed by atoms with Crippen molar-refractivity contribution in [3.05, 3.63) is 32.6 Å². The Morgan fingerprint density at radius 2 is 1.22 bits per heavy atom. The number of amides is 5. The fraction of sp³-hybridized carbons (Fsp3) is 0.812. The molecule has 0 spiro atoms. The monoisotopic (exact) mass is 1210 g/mol. The summed E-state index contributed by atoms with van der Waals surface area (Å²) in [7, 11) is 0. The number of nitrogens with two attached hydrogens (primary N) is 7. The Labute approximate surface area is 481 Å². The van der Waals surface area contributed by atoms with E-state index in [2.05, 4.69) is 15.6 Å². The normalized spacial score (nSPS) is 32.9. The van der Waals surface area contributed by atoms with Crippen molar-refractivity contribution >= 4 is 53.1 Å². The standard InChI is InChI=1S/C48H85N13O19S2/c1-22-16-61(48(74)58-44(22)73)19-32(66)60(17-29(53)63)10-8-56-30(64)18-59(23(2)62)9-7-57-31(65)21-82-12-6-4-3-5-11-81-20-28-42(79-46-34(55)39(71)37(69)27(15-50)76-46)40(72)47(77-28)80-43-35(67)24(51)13-25(52)41(43)78-45-33(54)38(70)36(68)26(14-49)75-45/h16,24-28,33-43,45-47,67-72H,3-15,17-21,49-52,54-55H2,1-2H3,(H2,53,63)(H,56,64)(H,57,65)(H,58,73,74)/t24-,25+,26-,27+,28-,33-,34-,35+,36-,37-,38-,39-,40-,41-,42-,43-,45-,46-,47+/m1/s1. The van der Waals surface area contributed by atoms with Gasteiger partial charge in [0.1, 0.15) is 67.6 Å². The molecule has 1 aromatic rings. The zero-order valence-corrected chi connectivity index (χ0v) is 47.6. The highest BCUT2D eigenvalue weighted by atomic mass is 32.2. The molecule has 82 heavy (non-hydrogen) atoms. The molecule has 3 aliphatic heterocycles. The van der Waals surface area contributed by atoms with Gasteiger partial charge in [0.25, 0.3) is 5.56 Å². The summed E-state index contributed by atoms with van der Waals surface area (Å²) < 4.78 is 37.5. The Morgan fingerprint density at radius 3 is 1.79 bits per heavy atom. The summed E-state index contributed by atoms with van der Waals surface area (Å²) in [5.41, 5.74) is 40.8. The van der Waals surface area contributed by atoms with Gasteiger partial charge in [0, 0.05) is 75.8 Å². The number of nitrogens with one attached hydrogen (secondary N) is 3. The number of thioether (sulfide) groups is 2. The first kappa shape index (κ1) is 68.8. The van der Waals surface area contributed by atoms with Gasteiger partial charge < -0.3 is 120 Å². The van der Waals surface area contributed by atoms with Crippen molar-refractivity contribution in [3.63, 3.8) is 0 Å². The van der Waals surface area contributed by atoms with Crippen molar-refractivity contribution in [2.45, 2.75) is 169 Å². The number of carbonyl (C=O) groups excluding carboxylic acids is 5. The van der Waals surface area contributed by atoms with Crippen LogP contribution in [0.1, 0.15) is 44.6 Å². The molecule has 0 radical (unpaired) electrons. The number of H-pyrrole nitrogens is 1. The molecule has 4 fully saturated rings. The zero-order valence-electron chi connectivity index (χ0n) is 46.0. The third kappa shape index (κ3) is 19.3. The number of aliphatic hydroxyl groups excluding tert-OH is 6. The maximum absolute atomic E-state index is 12.9. The number of primary amides is 1. The summed E-state index contributed by atoms with van der Waals surface area (Å²) in [5.74, 6) is -0.982. The second kappa shape index (κ2) is 33.1. The van der Waals surface area contributed by atoms with E-state index in [0.717, 1.165) is 35.2 Å². The van der Waals surface area contributed by atoms with Gasteiger partial charge in [-0.05, 0) is 37.7 Å². The number of carbonyl (C=O) groups is 5. The summed E-state index contributed by atoms with van der Waals surface area (Å²) in [6.07, 6.45) is -15.1. The second-order valence-corrected chi connectivity index (χ2v) is 23.0. The van der Waals surface area contributed by atoms with Crippen LogP contribution in [0.2, 0.25) is 0 Å². The van der Waals surface area contributed by atoms with Crippen LogP contribution in [0.5, 0.6) is 0 Å². The van der Waals surface area contributed by atoms with Crippen molar-refractivity contribution < 1.29 is 83.0 Å². The topological polar surface area (TPSA) is 530 Å². The molecule has 19 atom stereocenters. The van der Waals surface area contributed by atoms with Gasteiger partial charge in [-0.2, -0.15) is 23.5 Å². The SMILES string of the molecule is CC(=O)N(CCNC(=O)CSCCCCCCSC[C@H]1O[C@@H](O[C@@H]2[C@@H](O)[C@H](N)C[C@H](N)[C@H]2O[C@H]2O[C@H](CN)[C@@H](O)[C@H](O)[C@H]2N)[C@H](O)[C@@H]1O[C@H]1O[C@@H](CN)[C@@H](O)[C@H](O)[C@H]1N)CC(=O)NCCN(CC(N)=O)C(=O)Cn1cc(C)c(=O)[nH]c1=O. The highest BCUT2D eigenvalue weighted by molar-refractivity contribution is 8.00. The summed E-state index contributed by atoms with van der Waals surface area (Å²) in [6, 6.07) is -4.31. The summed E-state index contributed by atoms with van der Waals surface area (Å²) in [5, 5.41) is 70.7. The highest BCUT2D eigenvalue weighted by Crippen LogP contribution is 2.35. The van der Waals surface area contributed by atoms with Gasteiger partial charge in [0.05, 0.1) is 43.1 Å². The number of ether oxygens (including phenoxy) is 6. The average molecular weight is 1210 g/mol. The zero-order chi connectivity index (χ0) is 60.5. The summed E-state index contributed by atoms with van der Waals surface area (Å²) in [6.45, 7) is 0.843. The third-order valence-corrected chi connectivity index (χ3v) is 16.6. The van der Waals surface area contributed by atoms with Gasteiger partial charge in [-0.1, -0.05) is 12.8 Å². The molecule has 0 aromatic carbocycles. The Bertz CT molecular complexity index is 2350. The molecule has 0 bridgehead atoms. The van der Waals surface area contributed by atoms with Crippen molar-refractivity contribution in [1.29, 1.82) is 0 Å². The van der Waals surface area contributed by atoms with Crippen LogP contribution in [0.15, 0.2) is 15.8 Å². The average Bonchev–Trinajstić information content (AvgIpc) is 3.66. The lowest BCUT2D eigenvalue weighted by Gasteiger charge is -2.47. The van der Waals surface area contributed by atoms with Crippen molar-refractivity contribution in [3.8, 4) is 0 Å². The predicted octanol–water partition coefficient (Wildman–Crippen LogP) is -9.61. The van der Waals surface area contributed by atoms with E-state index in [4.69, 9.17) is 68.6 Å². The molecule has 4 aliphatic rings. The number of aryl methyl sites for hydroxylation is 1. The first-order valence-electron chi connectivity index (χ1n) is 27.1. The van der Waals surface area contributed by atoms with E-state index >= 15 is 0 Å². The van der Waals surface area contributed by atoms with Gasteiger partial charge in [0.15, 0.2) is 18.9 Å². The first-order valence-corrected chi connectivity index (χ1v) is 29.4. The predicted molar refractivity (Wildman–Crippen MR) is 294 cm³/mol. The van der Waals surface area contributed by atoms with Gasteiger partial charge >= 0.3 is 5.69 Å². The molecule has 4 heterocycles. The van der Waals surface area contributed by atoms with E-state index in [1.54, 1.807) is 0 Å². The number of aromatic amines is 1. The van der Waals surface area contributed by atoms with Crippen LogP contribution in [0.25, 0.3) is 0 Å². The Morgan fingerprint density at radius 1 is 0.683 bits per heavy atom. The number of hydrogen-bond acceptors (Lipinski definition) is 27. The van der Waals surface area contributed by atoms with Crippen LogP contribution in [-0.2, 0) is 58.9 Å². The van der Waals surface area contributed by atoms with Crippen molar-refractivity contribution in [1.82, 2.24) is 30.0 Å². The number of aromatic nitrogens is 2. The first-order chi connectivity index (χ1) is 38.9. The van der Waals surface area contributed by atoms with Gasteiger partial charge in [-0.15, -0.1) is 0 Å². The van der Waals surface area contributed by atoms with Crippen molar-refractivity contribution in [2.75, 3.05) is 75.4 Å². The lowest BCUT2D eigenvalue weighted by atomic mass is 9.84. The molecular formula is C48H85N13O19S2. The van der Waals surface area contributed by atoms with E-state index in [9.17, 15) is 64.2 Å². The molecule has 5 amide bonds. The fourth-order valence-corrected chi connectivity index (χ4v) is 11.5. The van der Waals surface area contributed by atoms with E-state index < -0.39 is 164 Å². The lowest BCUT2D eigenvalue weighted by molar-refractivity contribution is -0.306. The molecule has 23 N–H and O–H groups in total. The largest absolute Gasteiger partial charge is 0.389 e. The smallest absolute Gasteiger partial charge is 0.328 e. The van der Waals surface area contributed by atoms with Crippen molar-refractivity contribution in [2.24, 2.45) is 40.1 Å². The number of hydrogen-bond donors (Lipinski definition) is 16. The van der Waals surface area contributed by atoms with Crippen LogP contribution in [-0.4, -0.2) is 271 Å². The maximum Gasteiger partial charge on any atom is 0.328 e. The van der Waals surface area contributed by atoms with E-state index in [-0.39, 0.29) is 75.2 Å². The van der Waals surface area contributed by atoms with Gasteiger partial charge in [-0.25, -0.2) is 4.79 Å². The quantitative estimate of drug-likeness (QED) is 0.0307. The van der Waals surface area contributed by atoms with E-state index in [0.29, 0.717) is 11.5 Å². The molecule has 468 valence electrons. The Balaban J connectivity index is 1.03. The number of unbranched alkanes of at least 4 members (excludes halogenated alkanes) is 3. The number of nitrogens with zero attached hydrogens (tertiary/aromatic N) is 3. The van der Waals surface area contributed by atoms with Gasteiger partial charge in [0.2, 0.25) is 29.5 Å². The molecule has 0 unspecified atom stereocenters. The van der Waals surface area contributed by atoms with Crippen LogP contribution in [0, 0.1) is 6.92 Å². The second-order valence-electron chi connectivity index (χ2n) is 20.7. The summed E-state index contributed by atoms with van der Waals surface area (Å²) >= 11 is 2.93. The van der Waals surface area contributed by atoms with Crippen LogP contribution >= 0.6 is 23.5 Å². The molecule has 1 saturated carbocycles. The van der Waals surface area contributed by atoms with Crippen LogP contribution in [0.3, 0.4) is 0 Å². The molecule has 34 heteroatoms. The minimum Gasteiger partial charge on any atom is -0.389 e. The fourth-order valence-electron chi connectivity index (χ4n) is 9.61. The molecule has 3 saturated heterocycles. The van der Waals surface area contributed by atoms with E-state index in [1.165, 1.54) is 48.5 Å². The molecule has 5 rings (SSSR count). The molecule has 32 nitrogen and oxygen atoms in total. The molecule has 1 aromatic heterocycles. The number of aliphatic hydroxyl groups is 6. The summed E-state index contributed by atoms with van der Waals surface area (Å²) in [4.78, 5) is 90.5. The molecular weight excluding hydrogens is 1130 g/mol. The maximum atomic E-state index is 12.9.